The number of benzene rings is 1. The number of carbonyl (C=O) groups excluding carboxylic acids is 1. The average Bonchev–Trinajstić information content (AvgIpc) is 2.59. The van der Waals surface area contributed by atoms with Gasteiger partial charge in [0.1, 0.15) is 17.2 Å². The Kier molecular flexibility index (Phi) is 5.14. The lowest BCUT2D eigenvalue weighted by Crippen LogP contribution is -2.24. The minimum atomic E-state index is -5.32. The highest BCUT2D eigenvalue weighted by molar-refractivity contribution is 6.31. The molecule has 1 aromatic carbocycles. The van der Waals surface area contributed by atoms with Gasteiger partial charge in [-0.25, -0.2) is 9.78 Å². The van der Waals surface area contributed by atoms with Crippen molar-refractivity contribution in [3.05, 3.63) is 62.6 Å². The number of aromatic nitrogens is 1. The molecule has 30 heavy (non-hydrogen) atoms. The van der Waals surface area contributed by atoms with Gasteiger partial charge in [-0.3, -0.25) is 4.79 Å². The van der Waals surface area contributed by atoms with Crippen LogP contribution in [0.3, 0.4) is 0 Å². The van der Waals surface area contributed by atoms with Gasteiger partial charge in [-0.2, -0.15) is 26.3 Å². The third kappa shape index (κ3) is 4.03. The molecule has 2 heterocycles. The lowest BCUT2D eigenvalue weighted by molar-refractivity contribution is -0.143. The van der Waals surface area contributed by atoms with Gasteiger partial charge in [0.2, 0.25) is 0 Å². The Hall–Kier alpha value is -3.28. The Morgan fingerprint density at radius 2 is 1.77 bits per heavy atom. The molecule has 3 aromatic rings. The number of aromatic hydroxyl groups is 1. The molecule has 3 rings (SSSR count). The lowest BCUT2D eigenvalue weighted by atomic mass is 10.1. The first-order chi connectivity index (χ1) is 13.8. The average molecular weight is 453 g/mol. The van der Waals surface area contributed by atoms with Crippen molar-refractivity contribution in [2.24, 2.45) is 0 Å². The van der Waals surface area contributed by atoms with Crippen molar-refractivity contribution < 1.29 is 40.7 Å². The molecule has 6 nitrogen and oxygen atoms in total. The Bertz CT molecular complexity index is 1220. The van der Waals surface area contributed by atoms with Crippen LogP contribution in [0.25, 0.3) is 11.0 Å². The molecule has 158 valence electrons. The van der Waals surface area contributed by atoms with Gasteiger partial charge in [0.05, 0.1) is 16.5 Å². The number of nitrogens with zero attached hydrogens (tertiary/aromatic N) is 1. The van der Waals surface area contributed by atoms with Crippen LogP contribution in [-0.4, -0.2) is 16.0 Å². The number of hydrogen-bond acceptors (Lipinski definition) is 5. The van der Waals surface area contributed by atoms with Gasteiger partial charge in [0.15, 0.2) is 5.56 Å². The quantitative estimate of drug-likeness (QED) is 0.429. The molecule has 0 aliphatic rings. The summed E-state index contributed by atoms with van der Waals surface area (Å²) >= 11 is 5.72. The van der Waals surface area contributed by atoms with Crippen molar-refractivity contribution in [3.8, 4) is 5.75 Å². The van der Waals surface area contributed by atoms with E-state index in [9.17, 15) is 41.0 Å². The first-order valence-electron chi connectivity index (χ1n) is 7.70. The summed E-state index contributed by atoms with van der Waals surface area (Å²) in [6.07, 6.45) is -10.4. The number of pyridine rings is 1. The van der Waals surface area contributed by atoms with Crippen LogP contribution in [0.15, 0.2) is 39.7 Å². The molecule has 0 spiro atoms. The minimum Gasteiger partial charge on any atom is -0.506 e. The molecule has 0 radical (unpaired) electrons. The number of alkyl halides is 6. The highest BCUT2D eigenvalue weighted by atomic mass is 35.5. The maximum atomic E-state index is 13.2. The third-order valence-corrected chi connectivity index (χ3v) is 4.06. The van der Waals surface area contributed by atoms with Crippen LogP contribution >= 0.6 is 11.6 Å². The second-order valence-electron chi connectivity index (χ2n) is 5.82. The number of carbonyl (C=O) groups is 1. The van der Waals surface area contributed by atoms with E-state index in [2.05, 4.69) is 4.98 Å². The number of anilines is 1. The zero-order valence-corrected chi connectivity index (χ0v) is 14.9. The number of rotatable bonds is 2. The summed E-state index contributed by atoms with van der Waals surface area (Å²) in [6.45, 7) is 0. The van der Waals surface area contributed by atoms with E-state index in [0.29, 0.717) is 0 Å². The topological polar surface area (TPSA) is 92.4 Å². The fourth-order valence-corrected chi connectivity index (χ4v) is 2.63. The van der Waals surface area contributed by atoms with Crippen LogP contribution < -0.4 is 10.9 Å². The molecule has 0 unspecified atom stereocenters. The van der Waals surface area contributed by atoms with Gasteiger partial charge >= 0.3 is 18.0 Å². The first kappa shape index (κ1) is 21.4. The Balaban J connectivity index is 2.09. The molecule has 0 bridgehead atoms. The monoisotopic (exact) mass is 452 g/mol. The molecular formula is C17H7ClF6N2O4. The summed E-state index contributed by atoms with van der Waals surface area (Å²) in [6, 6.07) is 3.38. The van der Waals surface area contributed by atoms with Gasteiger partial charge < -0.3 is 14.8 Å². The van der Waals surface area contributed by atoms with E-state index < -0.39 is 52.1 Å². The van der Waals surface area contributed by atoms with Crippen LogP contribution in [0.5, 0.6) is 5.75 Å². The lowest BCUT2D eigenvalue weighted by Gasteiger charge is -2.15. The molecule has 0 atom stereocenters. The van der Waals surface area contributed by atoms with Gasteiger partial charge in [-0.05, 0) is 18.2 Å². The predicted molar refractivity (Wildman–Crippen MR) is 91.4 cm³/mol. The predicted octanol–water partition coefficient (Wildman–Crippen LogP) is 4.84. The largest absolute Gasteiger partial charge is 0.506 e. The van der Waals surface area contributed by atoms with Gasteiger partial charge in [-0.15, -0.1) is 0 Å². The molecule has 0 aliphatic heterocycles. The standard InChI is InChI=1S/C17H7ClF6N2O4/c18-7-1-2-8-10(4-7)30-15(29)11(12(8)27)14(28)26-13-9(17(22,23)24)3-6(5-25-13)16(19,20)21/h1-5,27H,(H,25,26,28). The zero-order valence-electron chi connectivity index (χ0n) is 14.2. The third-order valence-electron chi connectivity index (χ3n) is 3.82. The van der Waals surface area contributed by atoms with E-state index in [1.807, 2.05) is 0 Å². The number of hydrogen-bond donors (Lipinski definition) is 2. The van der Waals surface area contributed by atoms with E-state index in [1.165, 1.54) is 12.1 Å². The smallest absolute Gasteiger partial charge is 0.419 e. The fraction of sp³-hybridized carbons (Fsp3) is 0.118. The van der Waals surface area contributed by atoms with Crippen molar-refractivity contribution in [1.82, 2.24) is 4.98 Å². The first-order valence-corrected chi connectivity index (χ1v) is 8.08. The normalized spacial score (nSPS) is 12.2. The number of amides is 1. The van der Waals surface area contributed by atoms with Gasteiger partial charge in [-0.1, -0.05) is 11.6 Å². The van der Waals surface area contributed by atoms with Crippen molar-refractivity contribution in [2.75, 3.05) is 5.32 Å². The van der Waals surface area contributed by atoms with E-state index in [0.717, 1.165) is 6.07 Å². The van der Waals surface area contributed by atoms with E-state index in [-0.39, 0.29) is 28.3 Å². The molecule has 2 N–H and O–H groups in total. The summed E-state index contributed by atoms with van der Waals surface area (Å²) in [5.74, 6) is -3.79. The number of fused-ring (bicyclic) bond motifs is 1. The van der Waals surface area contributed by atoms with E-state index >= 15 is 0 Å². The van der Waals surface area contributed by atoms with Crippen molar-refractivity contribution in [1.29, 1.82) is 0 Å². The van der Waals surface area contributed by atoms with E-state index in [4.69, 9.17) is 16.0 Å². The molecule has 0 fully saturated rings. The van der Waals surface area contributed by atoms with Gasteiger partial charge in [0.25, 0.3) is 5.91 Å². The zero-order chi connectivity index (χ0) is 22.4. The highest BCUT2D eigenvalue weighted by Gasteiger charge is 2.39. The molecule has 13 heteroatoms. The van der Waals surface area contributed by atoms with Gasteiger partial charge in [0, 0.05) is 17.3 Å². The molecular weight excluding hydrogens is 446 g/mol. The second-order valence-corrected chi connectivity index (χ2v) is 6.26. The van der Waals surface area contributed by atoms with E-state index in [1.54, 1.807) is 5.32 Å². The Labute approximate surface area is 166 Å². The number of halogens is 7. The summed E-state index contributed by atoms with van der Waals surface area (Å²) < 4.78 is 82.5. The van der Waals surface area contributed by atoms with Crippen LogP contribution in [0.2, 0.25) is 5.02 Å². The van der Waals surface area contributed by atoms with Crippen molar-refractivity contribution in [2.45, 2.75) is 12.4 Å². The van der Waals surface area contributed by atoms with Crippen molar-refractivity contribution in [3.63, 3.8) is 0 Å². The molecule has 1 amide bonds. The van der Waals surface area contributed by atoms with Crippen molar-refractivity contribution >= 4 is 34.3 Å². The molecule has 0 saturated heterocycles. The maximum absolute atomic E-state index is 13.2. The Morgan fingerprint density at radius 3 is 2.37 bits per heavy atom. The summed E-state index contributed by atoms with van der Waals surface area (Å²) in [4.78, 5) is 27.4. The summed E-state index contributed by atoms with van der Waals surface area (Å²) in [5.41, 5.74) is -6.29. The summed E-state index contributed by atoms with van der Waals surface area (Å²) in [5, 5.41) is 11.8. The molecule has 0 saturated carbocycles. The Morgan fingerprint density at radius 1 is 1.10 bits per heavy atom. The summed E-state index contributed by atoms with van der Waals surface area (Å²) in [7, 11) is 0. The maximum Gasteiger partial charge on any atom is 0.419 e. The fourth-order valence-electron chi connectivity index (χ4n) is 2.46. The number of nitrogens with one attached hydrogen (secondary N) is 1. The van der Waals surface area contributed by atoms with Crippen LogP contribution in [0.4, 0.5) is 32.2 Å². The van der Waals surface area contributed by atoms with Crippen LogP contribution in [-0.2, 0) is 12.4 Å². The second kappa shape index (κ2) is 7.20. The molecule has 2 aromatic heterocycles. The highest BCUT2D eigenvalue weighted by Crippen LogP contribution is 2.38. The van der Waals surface area contributed by atoms with Crippen LogP contribution in [0, 0.1) is 0 Å². The minimum absolute atomic E-state index is 0.0790. The SMILES string of the molecule is O=C(Nc1ncc(C(F)(F)F)cc1C(F)(F)F)c1c(O)c2ccc(Cl)cc2oc1=O. The molecule has 0 aliphatic carbocycles. The van der Waals surface area contributed by atoms with Crippen LogP contribution in [0.1, 0.15) is 21.5 Å².